The van der Waals surface area contributed by atoms with Crippen LogP contribution in [0.4, 0.5) is 5.69 Å². The average Bonchev–Trinajstić information content (AvgIpc) is 2.70. The van der Waals surface area contributed by atoms with E-state index in [-0.39, 0.29) is 5.91 Å². The van der Waals surface area contributed by atoms with Crippen molar-refractivity contribution in [2.24, 2.45) is 0 Å². The molecule has 0 saturated carbocycles. The summed E-state index contributed by atoms with van der Waals surface area (Å²) >= 11 is 3.49. The van der Waals surface area contributed by atoms with Crippen molar-refractivity contribution >= 4 is 38.4 Å². The number of amides is 1. The minimum atomic E-state index is -0.145. The van der Waals surface area contributed by atoms with E-state index >= 15 is 0 Å². The fraction of sp³-hybridized carbons (Fsp3) is 0.0833. The van der Waals surface area contributed by atoms with Crippen LogP contribution in [0.1, 0.15) is 21.5 Å². The fourth-order valence-corrected chi connectivity index (χ4v) is 3.40. The van der Waals surface area contributed by atoms with Gasteiger partial charge in [0.1, 0.15) is 0 Å². The highest BCUT2D eigenvalue weighted by molar-refractivity contribution is 9.10. The summed E-state index contributed by atoms with van der Waals surface area (Å²) in [7, 11) is 0. The zero-order valence-electron chi connectivity index (χ0n) is 15.7. The van der Waals surface area contributed by atoms with E-state index in [4.69, 9.17) is 4.98 Å². The van der Waals surface area contributed by atoms with Gasteiger partial charge in [-0.15, -0.1) is 0 Å². The summed E-state index contributed by atoms with van der Waals surface area (Å²) in [6.07, 6.45) is 0. The molecule has 4 heteroatoms. The van der Waals surface area contributed by atoms with Crippen LogP contribution in [0.15, 0.2) is 77.3 Å². The maximum absolute atomic E-state index is 13.1. The Morgan fingerprint density at radius 1 is 0.929 bits per heavy atom. The standard InChI is InChI=1S/C24H19BrN2O/c1-15-7-9-17(10-8-15)23-14-20(19-5-3-4-6-22(19)27-23)24(28)26-18-11-12-21(25)16(2)13-18/h3-14H,1-2H3,(H,26,28). The third-order valence-corrected chi connectivity index (χ3v) is 5.61. The molecular formula is C24H19BrN2O. The van der Waals surface area contributed by atoms with Crippen molar-refractivity contribution < 1.29 is 4.79 Å². The van der Waals surface area contributed by atoms with E-state index in [1.54, 1.807) is 0 Å². The molecule has 0 unspecified atom stereocenters. The number of nitrogens with one attached hydrogen (secondary N) is 1. The van der Waals surface area contributed by atoms with Crippen molar-refractivity contribution in [1.82, 2.24) is 4.98 Å². The molecule has 138 valence electrons. The number of hydrogen-bond acceptors (Lipinski definition) is 2. The van der Waals surface area contributed by atoms with Crippen LogP contribution in [0.5, 0.6) is 0 Å². The molecule has 0 aliphatic rings. The molecule has 28 heavy (non-hydrogen) atoms. The summed E-state index contributed by atoms with van der Waals surface area (Å²) in [6.45, 7) is 4.05. The number of hydrogen-bond donors (Lipinski definition) is 1. The van der Waals surface area contributed by atoms with Gasteiger partial charge < -0.3 is 5.32 Å². The lowest BCUT2D eigenvalue weighted by Gasteiger charge is -2.11. The van der Waals surface area contributed by atoms with Gasteiger partial charge in [-0.3, -0.25) is 4.79 Å². The topological polar surface area (TPSA) is 42.0 Å². The summed E-state index contributed by atoms with van der Waals surface area (Å²) in [6, 6.07) is 23.6. The Balaban J connectivity index is 1.79. The molecule has 0 spiro atoms. The number of halogens is 1. The van der Waals surface area contributed by atoms with Gasteiger partial charge in [0.15, 0.2) is 0 Å². The van der Waals surface area contributed by atoms with Crippen LogP contribution in [0, 0.1) is 13.8 Å². The van der Waals surface area contributed by atoms with Crippen molar-refractivity contribution in [3.63, 3.8) is 0 Å². The van der Waals surface area contributed by atoms with Crippen molar-refractivity contribution in [2.45, 2.75) is 13.8 Å². The van der Waals surface area contributed by atoms with E-state index in [9.17, 15) is 4.79 Å². The Hall–Kier alpha value is -2.98. The first kappa shape index (κ1) is 18.4. The summed E-state index contributed by atoms with van der Waals surface area (Å²) in [5.74, 6) is -0.145. The molecule has 0 saturated heterocycles. The highest BCUT2D eigenvalue weighted by Crippen LogP contribution is 2.26. The van der Waals surface area contributed by atoms with E-state index in [1.165, 1.54) is 5.56 Å². The van der Waals surface area contributed by atoms with E-state index in [2.05, 4.69) is 40.3 Å². The number of para-hydroxylation sites is 1. The van der Waals surface area contributed by atoms with Crippen LogP contribution in [-0.4, -0.2) is 10.9 Å². The molecular weight excluding hydrogens is 412 g/mol. The number of anilines is 1. The van der Waals surface area contributed by atoms with E-state index in [1.807, 2.05) is 67.6 Å². The number of carbonyl (C=O) groups excluding carboxylic acids is 1. The van der Waals surface area contributed by atoms with Gasteiger partial charge in [0, 0.05) is 21.1 Å². The van der Waals surface area contributed by atoms with Gasteiger partial charge in [0.05, 0.1) is 16.8 Å². The number of benzene rings is 3. The summed E-state index contributed by atoms with van der Waals surface area (Å²) in [4.78, 5) is 17.9. The molecule has 3 aromatic carbocycles. The summed E-state index contributed by atoms with van der Waals surface area (Å²) in [5.41, 5.74) is 6.22. The normalized spacial score (nSPS) is 10.8. The maximum Gasteiger partial charge on any atom is 0.256 e. The van der Waals surface area contributed by atoms with Crippen LogP contribution < -0.4 is 5.32 Å². The van der Waals surface area contributed by atoms with Crippen LogP contribution >= 0.6 is 15.9 Å². The van der Waals surface area contributed by atoms with Crippen LogP contribution in [-0.2, 0) is 0 Å². The molecule has 0 fully saturated rings. The first-order valence-electron chi connectivity index (χ1n) is 9.05. The van der Waals surface area contributed by atoms with Crippen LogP contribution in [0.2, 0.25) is 0 Å². The fourth-order valence-electron chi connectivity index (χ4n) is 3.16. The van der Waals surface area contributed by atoms with Gasteiger partial charge in [-0.2, -0.15) is 0 Å². The van der Waals surface area contributed by atoms with Crippen molar-refractivity contribution in [3.05, 3.63) is 94.0 Å². The molecule has 0 aliphatic heterocycles. The molecule has 0 bridgehead atoms. The number of aromatic nitrogens is 1. The van der Waals surface area contributed by atoms with E-state index in [0.29, 0.717) is 5.56 Å². The lowest BCUT2D eigenvalue weighted by molar-refractivity contribution is 0.102. The second-order valence-electron chi connectivity index (χ2n) is 6.86. The lowest BCUT2D eigenvalue weighted by Crippen LogP contribution is -2.13. The van der Waals surface area contributed by atoms with Crippen LogP contribution in [0.25, 0.3) is 22.2 Å². The predicted molar refractivity (Wildman–Crippen MR) is 119 cm³/mol. The zero-order valence-corrected chi connectivity index (χ0v) is 17.2. The Kier molecular flexibility index (Phi) is 4.97. The number of carbonyl (C=O) groups is 1. The van der Waals surface area contributed by atoms with Crippen LogP contribution in [0.3, 0.4) is 0 Å². The van der Waals surface area contributed by atoms with Crippen molar-refractivity contribution in [3.8, 4) is 11.3 Å². The Morgan fingerprint density at radius 3 is 2.43 bits per heavy atom. The minimum Gasteiger partial charge on any atom is -0.322 e. The van der Waals surface area contributed by atoms with Gasteiger partial charge in [-0.1, -0.05) is 64.0 Å². The van der Waals surface area contributed by atoms with E-state index < -0.39 is 0 Å². The van der Waals surface area contributed by atoms with Gasteiger partial charge >= 0.3 is 0 Å². The SMILES string of the molecule is Cc1ccc(-c2cc(C(=O)Nc3ccc(Br)c(C)c3)c3ccccc3n2)cc1. The Labute approximate surface area is 172 Å². The lowest BCUT2D eigenvalue weighted by atomic mass is 10.0. The number of rotatable bonds is 3. The summed E-state index contributed by atoms with van der Waals surface area (Å²) < 4.78 is 1.02. The quantitative estimate of drug-likeness (QED) is 0.401. The first-order valence-corrected chi connectivity index (χ1v) is 9.85. The van der Waals surface area contributed by atoms with Crippen molar-refractivity contribution in [2.75, 3.05) is 5.32 Å². The third kappa shape index (κ3) is 3.69. The molecule has 0 radical (unpaired) electrons. The maximum atomic E-state index is 13.1. The molecule has 0 atom stereocenters. The Morgan fingerprint density at radius 2 is 1.68 bits per heavy atom. The second-order valence-corrected chi connectivity index (χ2v) is 7.71. The van der Waals surface area contributed by atoms with Gasteiger partial charge in [-0.05, 0) is 49.7 Å². The molecule has 1 heterocycles. The molecule has 0 aliphatic carbocycles. The first-order chi connectivity index (χ1) is 13.5. The highest BCUT2D eigenvalue weighted by Gasteiger charge is 2.14. The molecule has 4 aromatic rings. The average molecular weight is 431 g/mol. The number of aryl methyl sites for hydroxylation is 2. The monoisotopic (exact) mass is 430 g/mol. The van der Waals surface area contributed by atoms with Gasteiger partial charge in [-0.25, -0.2) is 4.98 Å². The second kappa shape index (κ2) is 7.56. The molecule has 4 rings (SSSR count). The minimum absolute atomic E-state index is 0.145. The molecule has 1 N–H and O–H groups in total. The number of fused-ring (bicyclic) bond motifs is 1. The zero-order chi connectivity index (χ0) is 19.7. The largest absolute Gasteiger partial charge is 0.322 e. The predicted octanol–water partition coefficient (Wildman–Crippen LogP) is 6.53. The van der Waals surface area contributed by atoms with E-state index in [0.717, 1.165) is 37.9 Å². The number of nitrogens with zero attached hydrogens (tertiary/aromatic N) is 1. The molecule has 1 aromatic heterocycles. The summed E-state index contributed by atoms with van der Waals surface area (Å²) in [5, 5.41) is 3.86. The van der Waals surface area contributed by atoms with Crippen molar-refractivity contribution in [1.29, 1.82) is 0 Å². The van der Waals surface area contributed by atoms with Gasteiger partial charge in [0.25, 0.3) is 5.91 Å². The Bertz CT molecular complexity index is 1180. The smallest absolute Gasteiger partial charge is 0.256 e. The molecule has 1 amide bonds. The molecule has 3 nitrogen and oxygen atoms in total. The third-order valence-electron chi connectivity index (χ3n) is 4.72. The number of pyridine rings is 1. The van der Waals surface area contributed by atoms with Gasteiger partial charge in [0.2, 0.25) is 0 Å². The highest BCUT2D eigenvalue weighted by atomic mass is 79.9.